The summed E-state index contributed by atoms with van der Waals surface area (Å²) < 4.78 is 62.2. The minimum atomic E-state index is -0.476. The quantitative estimate of drug-likeness (QED) is 0.170. The van der Waals surface area contributed by atoms with Crippen molar-refractivity contribution in [1.29, 1.82) is 0 Å². The van der Waals surface area contributed by atoms with E-state index in [1.807, 2.05) is 60.7 Å². The summed E-state index contributed by atoms with van der Waals surface area (Å²) in [5, 5.41) is 3.19. The van der Waals surface area contributed by atoms with Crippen LogP contribution in [0.4, 0.5) is 32.8 Å². The molecule has 0 aliphatic carbocycles. The summed E-state index contributed by atoms with van der Waals surface area (Å²) in [6, 6.07) is 25.8. The van der Waals surface area contributed by atoms with Crippen molar-refractivity contribution in [3.63, 3.8) is 0 Å². The Hall–Kier alpha value is -4.62. The number of nitrogens with zero attached hydrogens (tertiary/aromatic N) is 3. The lowest BCUT2D eigenvalue weighted by atomic mass is 10.2. The van der Waals surface area contributed by atoms with Gasteiger partial charge in [-0.1, -0.05) is 60.7 Å². The predicted octanol–water partition coefficient (Wildman–Crippen LogP) is 7.38. The Morgan fingerprint density at radius 3 is 1.57 bits per heavy atom. The van der Waals surface area contributed by atoms with Crippen LogP contribution in [0.5, 0.6) is 0 Å². The zero-order chi connectivity index (χ0) is 35.0. The van der Waals surface area contributed by atoms with Crippen molar-refractivity contribution in [2.75, 3.05) is 57.3 Å². The summed E-state index contributed by atoms with van der Waals surface area (Å²) in [6.45, 7) is 5.40. The van der Waals surface area contributed by atoms with Crippen molar-refractivity contribution in [2.45, 2.75) is 13.2 Å². The van der Waals surface area contributed by atoms with Crippen LogP contribution < -0.4 is 10.2 Å². The van der Waals surface area contributed by atoms with Gasteiger partial charge >= 0.3 is 12.2 Å². The van der Waals surface area contributed by atoms with Gasteiger partial charge in [0.1, 0.15) is 36.5 Å². The summed E-state index contributed by atoms with van der Waals surface area (Å²) in [5.74, 6) is -1.83. The molecule has 0 radical (unpaired) electrons. The second kappa shape index (κ2) is 19.4. The fraction of sp³-hybridized carbons (Fsp3) is 0.278. The highest BCUT2D eigenvalue weighted by Crippen LogP contribution is 2.22. The molecule has 2 amide bonds. The third-order valence-corrected chi connectivity index (χ3v) is 8.06. The van der Waals surface area contributed by atoms with Gasteiger partial charge in [-0.15, -0.1) is 0 Å². The lowest BCUT2D eigenvalue weighted by Crippen LogP contribution is -2.49. The van der Waals surface area contributed by atoms with Crippen LogP contribution in [0, 0.1) is 23.3 Å². The molecule has 0 spiro atoms. The van der Waals surface area contributed by atoms with E-state index in [0.29, 0.717) is 32.8 Å². The van der Waals surface area contributed by atoms with E-state index in [1.54, 1.807) is 14.7 Å². The number of carbonyl (C=O) groups excluding carboxylic acids is 2. The topological polar surface area (TPSA) is 74.3 Å². The number of hydrogen-bond donors (Lipinski definition) is 1. The summed E-state index contributed by atoms with van der Waals surface area (Å²) in [5.41, 5.74) is 2.17. The molecule has 0 aromatic heterocycles. The van der Waals surface area contributed by atoms with Crippen LogP contribution in [0.1, 0.15) is 11.1 Å². The Kier molecular flexibility index (Phi) is 14.7. The second-order valence-corrected chi connectivity index (χ2v) is 11.8. The molecule has 2 aliphatic rings. The van der Waals surface area contributed by atoms with Gasteiger partial charge < -0.3 is 29.5 Å². The summed E-state index contributed by atoms with van der Waals surface area (Å²) in [6.07, 6.45) is -0.608. The van der Waals surface area contributed by atoms with Gasteiger partial charge in [-0.05, 0) is 57.4 Å². The average molecular weight is 746 g/mol. The number of amides is 2. The molecule has 260 valence electrons. The van der Waals surface area contributed by atoms with Crippen molar-refractivity contribution in [3.05, 3.63) is 136 Å². The lowest BCUT2D eigenvalue weighted by molar-refractivity contribution is 0.0917. The number of hydrogen-bond acceptors (Lipinski definition) is 6. The first-order valence-electron chi connectivity index (χ1n) is 15.6. The van der Waals surface area contributed by atoms with E-state index in [4.69, 9.17) is 9.47 Å². The number of anilines is 1. The maximum absolute atomic E-state index is 13.8. The Morgan fingerprint density at radius 2 is 1.08 bits per heavy atom. The van der Waals surface area contributed by atoms with Crippen LogP contribution in [0.15, 0.2) is 102 Å². The number of ether oxygens (including phenoxy) is 2. The first-order chi connectivity index (χ1) is 23.7. The Labute approximate surface area is 291 Å². The maximum atomic E-state index is 13.8. The third-order valence-electron chi connectivity index (χ3n) is 7.45. The summed E-state index contributed by atoms with van der Waals surface area (Å²) in [4.78, 5) is 28.8. The number of piperazine rings is 2. The highest BCUT2D eigenvalue weighted by molar-refractivity contribution is 9.10. The number of benzene rings is 4. The number of nitrogens with one attached hydrogen (secondary N) is 1. The minimum Gasteiger partial charge on any atom is -0.445 e. The molecule has 0 saturated carbocycles. The molecule has 13 heteroatoms. The van der Waals surface area contributed by atoms with Crippen molar-refractivity contribution < 1.29 is 36.6 Å². The molecule has 2 saturated heterocycles. The molecule has 4 aromatic rings. The summed E-state index contributed by atoms with van der Waals surface area (Å²) in [7, 11) is 0. The van der Waals surface area contributed by atoms with Crippen LogP contribution in [-0.2, 0) is 22.7 Å². The molecular weight excluding hydrogens is 708 g/mol. The lowest BCUT2D eigenvalue weighted by Gasteiger charge is -2.35. The van der Waals surface area contributed by atoms with Gasteiger partial charge in [0.25, 0.3) is 0 Å². The molecular formula is C36H37BrF4N4O4. The Morgan fingerprint density at radius 1 is 0.612 bits per heavy atom. The molecule has 0 bridgehead atoms. The van der Waals surface area contributed by atoms with E-state index in [9.17, 15) is 27.2 Å². The fourth-order valence-electron chi connectivity index (χ4n) is 4.80. The smallest absolute Gasteiger partial charge is 0.410 e. The highest BCUT2D eigenvalue weighted by atomic mass is 79.9. The van der Waals surface area contributed by atoms with Crippen LogP contribution in [-0.4, -0.2) is 74.3 Å². The van der Waals surface area contributed by atoms with E-state index < -0.39 is 29.4 Å². The van der Waals surface area contributed by atoms with Crippen molar-refractivity contribution >= 4 is 33.8 Å². The molecule has 2 aliphatic heterocycles. The molecule has 0 atom stereocenters. The van der Waals surface area contributed by atoms with Gasteiger partial charge in [-0.2, -0.15) is 0 Å². The van der Waals surface area contributed by atoms with E-state index in [-0.39, 0.29) is 22.9 Å². The van der Waals surface area contributed by atoms with Gasteiger partial charge in [-0.3, -0.25) is 0 Å². The first-order valence-corrected chi connectivity index (χ1v) is 16.4. The normalized spacial score (nSPS) is 14.1. The van der Waals surface area contributed by atoms with Gasteiger partial charge in [0.05, 0.1) is 10.2 Å². The summed E-state index contributed by atoms with van der Waals surface area (Å²) >= 11 is 2.83. The third kappa shape index (κ3) is 12.4. The molecule has 0 unspecified atom stereocenters. The molecule has 2 fully saturated rings. The maximum Gasteiger partial charge on any atom is 0.410 e. The van der Waals surface area contributed by atoms with Gasteiger partial charge in [0.2, 0.25) is 0 Å². The van der Waals surface area contributed by atoms with Crippen LogP contribution in [0.3, 0.4) is 0 Å². The zero-order valence-corrected chi connectivity index (χ0v) is 28.3. The van der Waals surface area contributed by atoms with Crippen molar-refractivity contribution in [3.8, 4) is 0 Å². The Balaban J connectivity index is 0.000000185. The van der Waals surface area contributed by atoms with Gasteiger partial charge in [-0.25, -0.2) is 27.2 Å². The van der Waals surface area contributed by atoms with Crippen LogP contribution in [0.25, 0.3) is 0 Å². The van der Waals surface area contributed by atoms with Crippen molar-refractivity contribution in [1.82, 2.24) is 15.1 Å². The number of carbonyl (C=O) groups is 2. The van der Waals surface area contributed by atoms with Crippen LogP contribution >= 0.6 is 15.9 Å². The molecule has 8 nitrogen and oxygen atoms in total. The average Bonchev–Trinajstić information content (AvgIpc) is 3.14. The van der Waals surface area contributed by atoms with E-state index in [1.165, 1.54) is 6.07 Å². The standard InChI is InChI=1S/C18H18F2N2O2.C12H16N2O2.C6H3BrF2/c19-15-6-7-16(20)17(12-15)21-8-10-22(11-9-21)18(23)24-13-14-4-2-1-3-5-14;15-12(14-8-6-13-7-9-14)16-10-11-4-2-1-3-5-11;7-5-3-4(8)1-2-6(5)9/h1-7,12H,8-11,13H2;1-5,13H,6-10H2;1-3H. The number of halogens is 5. The fourth-order valence-corrected chi connectivity index (χ4v) is 5.15. The second-order valence-electron chi connectivity index (χ2n) is 10.9. The van der Waals surface area contributed by atoms with Crippen LogP contribution in [0.2, 0.25) is 0 Å². The zero-order valence-electron chi connectivity index (χ0n) is 26.7. The van der Waals surface area contributed by atoms with Crippen molar-refractivity contribution in [2.24, 2.45) is 0 Å². The highest BCUT2D eigenvalue weighted by Gasteiger charge is 2.24. The molecule has 1 N–H and O–H groups in total. The van der Waals surface area contributed by atoms with Gasteiger partial charge in [0.15, 0.2) is 0 Å². The molecule has 49 heavy (non-hydrogen) atoms. The van der Waals surface area contributed by atoms with E-state index in [0.717, 1.165) is 67.6 Å². The van der Waals surface area contributed by atoms with Gasteiger partial charge in [0, 0.05) is 58.4 Å². The predicted molar refractivity (Wildman–Crippen MR) is 182 cm³/mol. The molecule has 6 rings (SSSR count). The molecule has 4 aromatic carbocycles. The molecule has 2 heterocycles. The Bertz CT molecular complexity index is 1620. The van der Waals surface area contributed by atoms with E-state index >= 15 is 0 Å². The SMILES string of the molecule is Fc1ccc(F)c(Br)c1.O=C(OCc1ccccc1)N1CCN(c2cc(F)ccc2F)CC1.O=C(OCc1ccccc1)N1CCNCC1. The first kappa shape index (κ1) is 37.2. The number of rotatable bonds is 5. The van der Waals surface area contributed by atoms with E-state index in [2.05, 4.69) is 21.2 Å². The monoisotopic (exact) mass is 744 g/mol. The largest absolute Gasteiger partial charge is 0.445 e. The minimum absolute atomic E-state index is 0.155.